The van der Waals surface area contributed by atoms with Crippen LogP contribution in [0.15, 0.2) is 24.4 Å². The summed E-state index contributed by atoms with van der Waals surface area (Å²) in [5, 5.41) is 1.35. The second-order valence-electron chi connectivity index (χ2n) is 6.85. The van der Waals surface area contributed by atoms with Gasteiger partial charge in [0.2, 0.25) is 11.8 Å². The van der Waals surface area contributed by atoms with E-state index in [1.807, 2.05) is 21.9 Å². The average molecular weight is 410 g/mol. The van der Waals surface area contributed by atoms with Crippen LogP contribution in [-0.2, 0) is 21.4 Å². The average Bonchev–Trinajstić information content (AvgIpc) is 3.27. The van der Waals surface area contributed by atoms with Crippen LogP contribution in [0.3, 0.4) is 0 Å². The van der Waals surface area contributed by atoms with E-state index in [1.165, 1.54) is 11.3 Å². The van der Waals surface area contributed by atoms with Gasteiger partial charge in [0.05, 0.1) is 12.6 Å². The lowest BCUT2D eigenvalue weighted by Gasteiger charge is -2.25. The van der Waals surface area contributed by atoms with Crippen LogP contribution >= 0.6 is 34.5 Å². The summed E-state index contributed by atoms with van der Waals surface area (Å²) < 4.78 is 0.575. The molecule has 4 rings (SSSR count). The van der Waals surface area contributed by atoms with Crippen LogP contribution in [0, 0.1) is 0 Å². The largest absolute Gasteiger partial charge is 0.342 e. The summed E-state index contributed by atoms with van der Waals surface area (Å²) in [5.41, 5.74) is 1.69. The van der Waals surface area contributed by atoms with E-state index in [2.05, 4.69) is 4.98 Å². The van der Waals surface area contributed by atoms with Gasteiger partial charge in [-0.2, -0.15) is 0 Å². The number of carbonyl (C=O) groups is 2. The zero-order valence-electron chi connectivity index (χ0n) is 14.2. The molecule has 1 aromatic heterocycles. The Morgan fingerprint density at radius 3 is 2.77 bits per heavy atom. The van der Waals surface area contributed by atoms with Gasteiger partial charge in [0.1, 0.15) is 9.34 Å². The molecule has 8 heteroatoms. The van der Waals surface area contributed by atoms with Gasteiger partial charge in [-0.15, -0.1) is 11.3 Å². The molecule has 136 valence electrons. The zero-order chi connectivity index (χ0) is 18.5. The standard InChI is InChI=1S/C18H17Cl2N3O2S/c1-11(24)22-5-4-18(9-22)10-23(14-3-2-12(19)6-13(14)18)17(25)7-16-21-8-15(20)26-16/h2-3,6,8H,4-5,7,9-10H2,1H3. The minimum Gasteiger partial charge on any atom is -0.342 e. The van der Waals surface area contributed by atoms with Crippen molar-refractivity contribution in [3.63, 3.8) is 0 Å². The monoisotopic (exact) mass is 409 g/mol. The van der Waals surface area contributed by atoms with Crippen LogP contribution in [0.1, 0.15) is 23.9 Å². The van der Waals surface area contributed by atoms with Crippen molar-refractivity contribution in [3.8, 4) is 0 Å². The number of likely N-dealkylation sites (tertiary alicyclic amines) is 1. The fourth-order valence-electron chi connectivity index (χ4n) is 3.95. The predicted molar refractivity (Wildman–Crippen MR) is 103 cm³/mol. The van der Waals surface area contributed by atoms with Crippen molar-refractivity contribution in [1.29, 1.82) is 0 Å². The number of benzene rings is 1. The highest BCUT2D eigenvalue weighted by Crippen LogP contribution is 2.47. The number of hydrogen-bond donors (Lipinski definition) is 0. The maximum absolute atomic E-state index is 13.0. The number of thiazole rings is 1. The molecule has 0 saturated carbocycles. The third kappa shape index (κ3) is 3.00. The minimum absolute atomic E-state index is 0.0160. The SMILES string of the molecule is CC(=O)N1CCC2(C1)CN(C(=O)Cc1ncc(Cl)s1)c1ccc(Cl)cc12. The number of rotatable bonds is 2. The van der Waals surface area contributed by atoms with E-state index < -0.39 is 0 Å². The Bertz CT molecular complexity index is 900. The minimum atomic E-state index is -0.248. The Balaban J connectivity index is 1.66. The fraction of sp³-hybridized carbons (Fsp3) is 0.389. The maximum Gasteiger partial charge on any atom is 0.233 e. The number of aromatic nitrogens is 1. The molecule has 5 nitrogen and oxygen atoms in total. The van der Waals surface area contributed by atoms with Gasteiger partial charge in [0, 0.05) is 42.7 Å². The Hall–Kier alpha value is -1.63. The zero-order valence-corrected chi connectivity index (χ0v) is 16.5. The number of anilines is 1. The highest BCUT2D eigenvalue weighted by atomic mass is 35.5. The first-order chi connectivity index (χ1) is 12.4. The smallest absolute Gasteiger partial charge is 0.233 e. The van der Waals surface area contributed by atoms with Crippen LogP contribution < -0.4 is 4.90 Å². The van der Waals surface area contributed by atoms with Crippen LogP contribution in [0.4, 0.5) is 5.69 Å². The van der Waals surface area contributed by atoms with E-state index in [1.54, 1.807) is 19.2 Å². The van der Waals surface area contributed by atoms with E-state index in [0.717, 1.165) is 17.7 Å². The third-order valence-electron chi connectivity index (χ3n) is 5.21. The first kappa shape index (κ1) is 17.8. The molecule has 2 aliphatic rings. The van der Waals surface area contributed by atoms with Crippen LogP contribution in [0.2, 0.25) is 9.36 Å². The van der Waals surface area contributed by atoms with Crippen molar-refractivity contribution in [3.05, 3.63) is 44.3 Å². The van der Waals surface area contributed by atoms with Gasteiger partial charge in [0.15, 0.2) is 0 Å². The number of fused-ring (bicyclic) bond motifs is 2. The number of nitrogens with zero attached hydrogens (tertiary/aromatic N) is 3. The molecule has 0 aliphatic carbocycles. The lowest BCUT2D eigenvalue weighted by atomic mass is 9.81. The highest BCUT2D eigenvalue weighted by Gasteiger charge is 2.49. The van der Waals surface area contributed by atoms with Gasteiger partial charge in [-0.3, -0.25) is 9.59 Å². The van der Waals surface area contributed by atoms with Gasteiger partial charge in [0.25, 0.3) is 0 Å². The van der Waals surface area contributed by atoms with Crippen LogP contribution in [0.25, 0.3) is 0 Å². The molecule has 3 heterocycles. The van der Waals surface area contributed by atoms with Gasteiger partial charge in [-0.25, -0.2) is 4.98 Å². The van der Waals surface area contributed by atoms with Crippen molar-refractivity contribution in [2.75, 3.05) is 24.5 Å². The molecule has 1 aromatic carbocycles. The third-order valence-corrected chi connectivity index (χ3v) is 6.56. The van der Waals surface area contributed by atoms with Crippen molar-refractivity contribution in [2.45, 2.75) is 25.2 Å². The Kier molecular flexibility index (Phi) is 4.45. The molecule has 2 amide bonds. The van der Waals surface area contributed by atoms with Crippen LogP contribution in [-0.4, -0.2) is 41.3 Å². The molecule has 1 atom stereocenters. The van der Waals surface area contributed by atoms with E-state index >= 15 is 0 Å². The van der Waals surface area contributed by atoms with Crippen molar-refractivity contribution >= 4 is 52.0 Å². The van der Waals surface area contributed by atoms with Crippen molar-refractivity contribution in [2.24, 2.45) is 0 Å². The first-order valence-electron chi connectivity index (χ1n) is 8.34. The maximum atomic E-state index is 13.0. The second-order valence-corrected chi connectivity index (χ2v) is 9.03. The molecule has 1 fully saturated rings. The lowest BCUT2D eigenvalue weighted by molar-refractivity contribution is -0.127. The van der Waals surface area contributed by atoms with E-state index in [0.29, 0.717) is 34.0 Å². The normalized spacial score (nSPS) is 21.5. The number of halogens is 2. The summed E-state index contributed by atoms with van der Waals surface area (Å²) in [6, 6.07) is 5.64. The number of hydrogen-bond acceptors (Lipinski definition) is 4. The molecule has 0 N–H and O–H groups in total. The molecule has 26 heavy (non-hydrogen) atoms. The van der Waals surface area contributed by atoms with Gasteiger partial charge < -0.3 is 9.80 Å². The molecule has 2 aliphatic heterocycles. The molecular weight excluding hydrogens is 393 g/mol. The summed E-state index contributed by atoms with van der Waals surface area (Å²) in [4.78, 5) is 32.6. The Morgan fingerprint density at radius 1 is 1.31 bits per heavy atom. The molecule has 0 radical (unpaired) electrons. The molecule has 1 unspecified atom stereocenters. The molecule has 1 saturated heterocycles. The topological polar surface area (TPSA) is 53.5 Å². The van der Waals surface area contributed by atoms with Gasteiger partial charge in [-0.05, 0) is 30.2 Å². The molecular formula is C18H17Cl2N3O2S. The quantitative estimate of drug-likeness (QED) is 0.761. The summed E-state index contributed by atoms with van der Waals surface area (Å²) in [6.07, 6.45) is 2.61. The summed E-state index contributed by atoms with van der Waals surface area (Å²) in [6.45, 7) is 3.46. The second kappa shape index (κ2) is 6.51. The van der Waals surface area contributed by atoms with E-state index in [9.17, 15) is 9.59 Å². The Labute approximate surface area is 165 Å². The van der Waals surface area contributed by atoms with E-state index in [4.69, 9.17) is 23.2 Å². The highest BCUT2D eigenvalue weighted by molar-refractivity contribution is 7.15. The van der Waals surface area contributed by atoms with E-state index in [-0.39, 0.29) is 23.7 Å². The Morgan fingerprint density at radius 2 is 2.12 bits per heavy atom. The summed E-state index contributed by atoms with van der Waals surface area (Å²) >= 11 is 13.5. The van der Waals surface area contributed by atoms with Gasteiger partial charge in [-0.1, -0.05) is 23.2 Å². The van der Waals surface area contributed by atoms with Crippen molar-refractivity contribution in [1.82, 2.24) is 9.88 Å². The van der Waals surface area contributed by atoms with Gasteiger partial charge >= 0.3 is 0 Å². The predicted octanol–water partition coefficient (Wildman–Crippen LogP) is 3.53. The summed E-state index contributed by atoms with van der Waals surface area (Å²) in [7, 11) is 0. The molecule has 1 spiro atoms. The number of amides is 2. The summed E-state index contributed by atoms with van der Waals surface area (Å²) in [5.74, 6) is 0.0467. The molecule has 2 aromatic rings. The first-order valence-corrected chi connectivity index (χ1v) is 9.91. The fourth-order valence-corrected chi connectivity index (χ4v) is 5.07. The molecule has 0 bridgehead atoms. The van der Waals surface area contributed by atoms with Crippen LogP contribution in [0.5, 0.6) is 0 Å². The number of carbonyl (C=O) groups excluding carboxylic acids is 2. The lowest BCUT2D eigenvalue weighted by Crippen LogP contribution is -2.40. The van der Waals surface area contributed by atoms with Crippen molar-refractivity contribution < 1.29 is 9.59 Å².